The van der Waals surface area contributed by atoms with Crippen LogP contribution in [0.3, 0.4) is 0 Å². The zero-order valence-corrected chi connectivity index (χ0v) is 12.5. The summed E-state index contributed by atoms with van der Waals surface area (Å²) in [5.74, 6) is -1.13. The van der Waals surface area contributed by atoms with Crippen LogP contribution in [-0.2, 0) is 6.18 Å². The number of ether oxygens (including phenoxy) is 1. The molecular weight excluding hydrogens is 313 g/mol. The minimum Gasteiger partial charge on any atom is -0.497 e. The first-order valence-electron chi connectivity index (χ1n) is 7.18. The Hall–Kier alpha value is -2.25. The predicted octanol–water partition coefficient (Wildman–Crippen LogP) is 3.10. The summed E-state index contributed by atoms with van der Waals surface area (Å²) in [5, 5.41) is 4.53. The molecule has 0 saturated heterocycles. The van der Waals surface area contributed by atoms with Crippen LogP contribution in [0.4, 0.5) is 18.0 Å². The van der Waals surface area contributed by atoms with Gasteiger partial charge >= 0.3 is 12.2 Å². The standard InChI is InChI=1S/C15H17F3N2O3/c1-23-10-6-7-11(12(8-10)15(16,17)18)13(21)20-14(22)19-9-4-2-3-5-9/h6-9H,2-5H2,1H3,(H2,19,20,21,22). The molecule has 0 spiro atoms. The second-order valence-electron chi connectivity index (χ2n) is 5.32. The number of hydrogen-bond donors (Lipinski definition) is 2. The number of methoxy groups -OCH3 is 1. The van der Waals surface area contributed by atoms with Gasteiger partial charge in [0.15, 0.2) is 0 Å². The van der Waals surface area contributed by atoms with E-state index in [4.69, 9.17) is 4.74 Å². The number of benzene rings is 1. The Morgan fingerprint density at radius 2 is 1.87 bits per heavy atom. The van der Waals surface area contributed by atoms with Gasteiger partial charge < -0.3 is 10.1 Å². The summed E-state index contributed by atoms with van der Waals surface area (Å²) >= 11 is 0. The number of carbonyl (C=O) groups is 2. The molecular formula is C15H17F3N2O3. The number of halogens is 3. The van der Waals surface area contributed by atoms with E-state index in [1.54, 1.807) is 0 Å². The van der Waals surface area contributed by atoms with Crippen molar-refractivity contribution in [2.45, 2.75) is 37.9 Å². The van der Waals surface area contributed by atoms with E-state index in [-0.39, 0.29) is 11.8 Å². The van der Waals surface area contributed by atoms with E-state index in [9.17, 15) is 22.8 Å². The molecule has 2 N–H and O–H groups in total. The Morgan fingerprint density at radius 3 is 2.43 bits per heavy atom. The third-order valence-electron chi connectivity index (χ3n) is 3.69. The van der Waals surface area contributed by atoms with Gasteiger partial charge in [0.05, 0.1) is 18.2 Å². The smallest absolute Gasteiger partial charge is 0.417 e. The van der Waals surface area contributed by atoms with Gasteiger partial charge in [-0.15, -0.1) is 0 Å². The number of rotatable bonds is 3. The fraction of sp³-hybridized carbons (Fsp3) is 0.467. The van der Waals surface area contributed by atoms with Crippen molar-refractivity contribution >= 4 is 11.9 Å². The average Bonchev–Trinajstić information content (AvgIpc) is 2.98. The van der Waals surface area contributed by atoms with Crippen molar-refractivity contribution in [2.24, 2.45) is 0 Å². The molecule has 0 bridgehead atoms. The second kappa shape index (κ2) is 6.89. The summed E-state index contributed by atoms with van der Waals surface area (Å²) in [5.41, 5.74) is -1.78. The van der Waals surface area contributed by atoms with E-state index < -0.39 is 29.2 Å². The normalized spacial score (nSPS) is 15.3. The Bertz CT molecular complexity index is 596. The first-order chi connectivity index (χ1) is 10.8. The highest BCUT2D eigenvalue weighted by molar-refractivity contribution is 6.05. The molecule has 0 aliphatic heterocycles. The van der Waals surface area contributed by atoms with Crippen molar-refractivity contribution in [3.05, 3.63) is 29.3 Å². The third kappa shape index (κ3) is 4.37. The highest BCUT2D eigenvalue weighted by Gasteiger charge is 2.36. The molecule has 0 aromatic heterocycles. The number of amides is 3. The molecule has 0 atom stereocenters. The molecule has 0 heterocycles. The molecule has 1 saturated carbocycles. The predicted molar refractivity (Wildman–Crippen MR) is 76.2 cm³/mol. The summed E-state index contributed by atoms with van der Waals surface area (Å²) in [7, 11) is 1.23. The number of hydrogen-bond acceptors (Lipinski definition) is 3. The fourth-order valence-electron chi connectivity index (χ4n) is 2.54. The molecule has 3 amide bonds. The maximum absolute atomic E-state index is 13.1. The Morgan fingerprint density at radius 1 is 1.22 bits per heavy atom. The monoisotopic (exact) mass is 330 g/mol. The second-order valence-corrected chi connectivity index (χ2v) is 5.32. The van der Waals surface area contributed by atoms with Crippen LogP contribution in [-0.4, -0.2) is 25.1 Å². The highest BCUT2D eigenvalue weighted by atomic mass is 19.4. The third-order valence-corrected chi connectivity index (χ3v) is 3.69. The number of imide groups is 1. The van der Waals surface area contributed by atoms with Crippen molar-refractivity contribution in [1.29, 1.82) is 0 Å². The minimum atomic E-state index is -4.73. The van der Waals surface area contributed by atoms with E-state index in [0.29, 0.717) is 0 Å². The molecule has 1 aliphatic carbocycles. The molecule has 5 nitrogen and oxygen atoms in total. The zero-order chi connectivity index (χ0) is 17.0. The van der Waals surface area contributed by atoms with E-state index in [1.807, 2.05) is 5.32 Å². The molecule has 2 rings (SSSR count). The lowest BCUT2D eigenvalue weighted by atomic mass is 10.1. The zero-order valence-electron chi connectivity index (χ0n) is 12.5. The van der Waals surface area contributed by atoms with Gasteiger partial charge in [0.1, 0.15) is 5.75 Å². The summed E-state index contributed by atoms with van der Waals surface area (Å²) in [4.78, 5) is 23.7. The van der Waals surface area contributed by atoms with E-state index in [2.05, 4.69) is 5.32 Å². The van der Waals surface area contributed by atoms with Crippen molar-refractivity contribution in [3.63, 3.8) is 0 Å². The lowest BCUT2D eigenvalue weighted by Crippen LogP contribution is -2.44. The van der Waals surface area contributed by atoms with Crippen LogP contribution in [0.5, 0.6) is 5.75 Å². The van der Waals surface area contributed by atoms with Gasteiger partial charge in [-0.3, -0.25) is 10.1 Å². The highest BCUT2D eigenvalue weighted by Crippen LogP contribution is 2.34. The maximum atomic E-state index is 13.1. The van der Waals surface area contributed by atoms with Crippen LogP contribution < -0.4 is 15.4 Å². The fourth-order valence-corrected chi connectivity index (χ4v) is 2.54. The Kier molecular flexibility index (Phi) is 5.12. The van der Waals surface area contributed by atoms with Crippen LogP contribution in [0, 0.1) is 0 Å². The number of alkyl halides is 3. The number of carbonyl (C=O) groups excluding carboxylic acids is 2. The summed E-state index contributed by atoms with van der Waals surface area (Å²) < 4.78 is 43.9. The van der Waals surface area contributed by atoms with Gasteiger partial charge in [0, 0.05) is 6.04 Å². The van der Waals surface area contributed by atoms with Gasteiger partial charge in [-0.2, -0.15) is 13.2 Å². The SMILES string of the molecule is COc1ccc(C(=O)NC(=O)NC2CCCC2)c(C(F)(F)F)c1. The first-order valence-corrected chi connectivity index (χ1v) is 7.18. The van der Waals surface area contributed by atoms with Gasteiger partial charge in [0.2, 0.25) is 0 Å². The molecule has 23 heavy (non-hydrogen) atoms. The van der Waals surface area contributed by atoms with Crippen LogP contribution in [0.25, 0.3) is 0 Å². The van der Waals surface area contributed by atoms with Crippen LogP contribution >= 0.6 is 0 Å². The topological polar surface area (TPSA) is 67.4 Å². The minimum absolute atomic E-state index is 0.0238. The molecule has 8 heteroatoms. The van der Waals surface area contributed by atoms with Gasteiger partial charge in [-0.25, -0.2) is 4.79 Å². The van der Waals surface area contributed by atoms with E-state index >= 15 is 0 Å². The summed E-state index contributed by atoms with van der Waals surface area (Å²) in [6.45, 7) is 0. The van der Waals surface area contributed by atoms with Crippen LogP contribution in [0.15, 0.2) is 18.2 Å². The molecule has 1 aromatic carbocycles. The summed E-state index contributed by atoms with van der Waals surface area (Å²) in [6.07, 6.45) is -1.16. The molecule has 1 fully saturated rings. The maximum Gasteiger partial charge on any atom is 0.417 e. The molecule has 0 radical (unpaired) electrons. The van der Waals surface area contributed by atoms with Gasteiger partial charge in [0.25, 0.3) is 5.91 Å². The van der Waals surface area contributed by atoms with E-state index in [0.717, 1.165) is 37.8 Å². The van der Waals surface area contributed by atoms with Crippen LogP contribution in [0.2, 0.25) is 0 Å². The Labute approximate surface area is 131 Å². The van der Waals surface area contributed by atoms with Gasteiger partial charge in [-0.1, -0.05) is 12.8 Å². The van der Waals surface area contributed by atoms with Crippen molar-refractivity contribution in [1.82, 2.24) is 10.6 Å². The number of nitrogens with one attached hydrogen (secondary N) is 2. The molecule has 0 unspecified atom stereocenters. The first kappa shape index (κ1) is 17.1. The summed E-state index contributed by atoms with van der Waals surface area (Å²) in [6, 6.07) is 2.12. The van der Waals surface area contributed by atoms with E-state index in [1.165, 1.54) is 13.2 Å². The van der Waals surface area contributed by atoms with Crippen molar-refractivity contribution in [2.75, 3.05) is 7.11 Å². The van der Waals surface area contributed by atoms with Gasteiger partial charge in [-0.05, 0) is 31.0 Å². The van der Waals surface area contributed by atoms with Crippen molar-refractivity contribution < 1.29 is 27.5 Å². The van der Waals surface area contributed by atoms with Crippen LogP contribution in [0.1, 0.15) is 41.6 Å². The molecule has 1 aliphatic rings. The largest absolute Gasteiger partial charge is 0.497 e. The average molecular weight is 330 g/mol. The molecule has 126 valence electrons. The number of urea groups is 1. The van der Waals surface area contributed by atoms with Crippen molar-refractivity contribution in [3.8, 4) is 5.75 Å². The lowest BCUT2D eigenvalue weighted by Gasteiger charge is -2.15. The Balaban J connectivity index is 2.13. The quantitative estimate of drug-likeness (QED) is 0.895. The molecule has 1 aromatic rings. The lowest BCUT2D eigenvalue weighted by molar-refractivity contribution is -0.138.